The number of rotatable bonds is 3. The lowest BCUT2D eigenvalue weighted by molar-refractivity contribution is 0.694. The van der Waals surface area contributed by atoms with Crippen molar-refractivity contribution in [3.63, 3.8) is 0 Å². The predicted octanol–water partition coefficient (Wildman–Crippen LogP) is 3.53. The Bertz CT molecular complexity index is 405. The van der Waals surface area contributed by atoms with E-state index in [0.29, 0.717) is 11.6 Å². The minimum absolute atomic E-state index is 0.522. The lowest BCUT2D eigenvalue weighted by atomic mass is 10.2. The van der Waals surface area contributed by atoms with Gasteiger partial charge >= 0.3 is 0 Å². The Labute approximate surface area is 98.4 Å². The number of hydrogen-bond donors (Lipinski definition) is 1. The average Bonchev–Trinajstić information content (AvgIpc) is 3.04. The molecule has 1 aliphatic carbocycles. The van der Waals surface area contributed by atoms with Gasteiger partial charge in [0.15, 0.2) is 0 Å². The highest BCUT2D eigenvalue weighted by molar-refractivity contribution is 9.10. The van der Waals surface area contributed by atoms with Gasteiger partial charge in [0.2, 0.25) is 0 Å². The first-order valence-corrected chi connectivity index (χ1v) is 5.96. The van der Waals surface area contributed by atoms with Crippen molar-refractivity contribution in [1.82, 2.24) is 0 Å². The molecule has 1 aliphatic rings. The lowest BCUT2D eigenvalue weighted by Crippen LogP contribution is -2.17. The molecule has 3 heteroatoms. The summed E-state index contributed by atoms with van der Waals surface area (Å²) < 4.78 is 0.967. The molecule has 78 valence electrons. The molecule has 1 fully saturated rings. The zero-order valence-corrected chi connectivity index (χ0v) is 10.2. The Morgan fingerprint density at radius 1 is 1.53 bits per heavy atom. The van der Waals surface area contributed by atoms with Crippen molar-refractivity contribution >= 4 is 21.6 Å². The van der Waals surface area contributed by atoms with Gasteiger partial charge in [0.05, 0.1) is 11.6 Å². The fraction of sp³-hybridized carbons (Fsp3) is 0.417. The number of nitrogens with one attached hydrogen (secondary N) is 1. The highest BCUT2D eigenvalue weighted by Crippen LogP contribution is 2.35. The van der Waals surface area contributed by atoms with Crippen molar-refractivity contribution in [3.05, 3.63) is 28.2 Å². The van der Waals surface area contributed by atoms with E-state index in [2.05, 4.69) is 34.2 Å². The van der Waals surface area contributed by atoms with E-state index >= 15 is 0 Å². The van der Waals surface area contributed by atoms with Crippen molar-refractivity contribution in [1.29, 1.82) is 5.26 Å². The summed E-state index contributed by atoms with van der Waals surface area (Å²) in [6.45, 7) is 2.21. The summed E-state index contributed by atoms with van der Waals surface area (Å²) in [5, 5.41) is 12.2. The van der Waals surface area contributed by atoms with Crippen LogP contribution >= 0.6 is 15.9 Å². The molecule has 0 radical (unpaired) electrons. The molecule has 15 heavy (non-hydrogen) atoms. The average molecular weight is 265 g/mol. The fourth-order valence-corrected chi connectivity index (χ4v) is 2.15. The second-order valence-electron chi connectivity index (χ2n) is 4.08. The Morgan fingerprint density at radius 2 is 2.27 bits per heavy atom. The van der Waals surface area contributed by atoms with Crippen LogP contribution in [0.25, 0.3) is 0 Å². The number of anilines is 1. The van der Waals surface area contributed by atoms with Gasteiger partial charge in [0, 0.05) is 16.2 Å². The van der Waals surface area contributed by atoms with Gasteiger partial charge in [-0.2, -0.15) is 5.26 Å². The molecule has 0 aromatic heterocycles. The van der Waals surface area contributed by atoms with Crippen molar-refractivity contribution in [2.75, 3.05) is 5.32 Å². The third kappa shape index (κ3) is 2.51. The van der Waals surface area contributed by atoms with Gasteiger partial charge in [0.25, 0.3) is 0 Å². The molecule has 0 aliphatic heterocycles. The molecule has 1 aromatic carbocycles. The quantitative estimate of drug-likeness (QED) is 0.907. The van der Waals surface area contributed by atoms with Crippen molar-refractivity contribution in [3.8, 4) is 6.07 Å². The predicted molar refractivity (Wildman–Crippen MR) is 64.7 cm³/mol. The number of nitrogens with zero attached hydrogens (tertiary/aromatic N) is 1. The van der Waals surface area contributed by atoms with Gasteiger partial charge in [0.1, 0.15) is 0 Å². The minimum atomic E-state index is 0.522. The third-order valence-electron chi connectivity index (χ3n) is 2.81. The van der Waals surface area contributed by atoms with Gasteiger partial charge < -0.3 is 5.32 Å². The smallest absolute Gasteiger partial charge is 0.0992 e. The van der Waals surface area contributed by atoms with Gasteiger partial charge in [-0.3, -0.25) is 0 Å². The van der Waals surface area contributed by atoms with Crippen LogP contribution in [0.15, 0.2) is 22.7 Å². The zero-order valence-electron chi connectivity index (χ0n) is 8.63. The topological polar surface area (TPSA) is 35.8 Å². The third-order valence-corrected chi connectivity index (χ3v) is 3.47. The molecular formula is C12H13BrN2. The van der Waals surface area contributed by atoms with Crippen LogP contribution in [0.4, 0.5) is 5.69 Å². The van der Waals surface area contributed by atoms with Crippen molar-refractivity contribution < 1.29 is 0 Å². The second-order valence-corrected chi connectivity index (χ2v) is 4.93. The fourth-order valence-electron chi connectivity index (χ4n) is 1.66. The number of benzene rings is 1. The molecule has 2 nitrogen and oxygen atoms in total. The summed E-state index contributed by atoms with van der Waals surface area (Å²) in [7, 11) is 0. The lowest BCUT2D eigenvalue weighted by Gasteiger charge is -2.15. The Kier molecular flexibility index (Phi) is 2.97. The molecular weight excluding hydrogens is 252 g/mol. The molecule has 1 aromatic rings. The first kappa shape index (κ1) is 10.5. The molecule has 0 amide bonds. The van der Waals surface area contributed by atoms with E-state index in [1.54, 1.807) is 0 Å². The molecule has 0 bridgehead atoms. The molecule has 0 unspecified atom stereocenters. The molecule has 0 heterocycles. The Balaban J connectivity index is 2.11. The SMILES string of the molecule is C[C@H](Nc1ccc(C#N)cc1Br)C1CC1. The zero-order chi connectivity index (χ0) is 10.8. The maximum atomic E-state index is 8.74. The summed E-state index contributed by atoms with van der Waals surface area (Å²) in [4.78, 5) is 0. The van der Waals surface area contributed by atoms with Crippen LogP contribution in [0.2, 0.25) is 0 Å². The number of halogens is 1. The van der Waals surface area contributed by atoms with E-state index in [1.165, 1.54) is 12.8 Å². The highest BCUT2D eigenvalue weighted by Gasteiger charge is 2.27. The van der Waals surface area contributed by atoms with Crippen LogP contribution in [0.5, 0.6) is 0 Å². The molecule has 1 saturated carbocycles. The summed E-state index contributed by atoms with van der Waals surface area (Å²) in [6, 6.07) is 8.30. The standard InChI is InChI=1S/C12H13BrN2/c1-8(10-3-4-10)15-12-5-2-9(7-14)6-11(12)13/h2,5-6,8,10,15H,3-4H2,1H3/t8-/m0/s1. The first-order valence-electron chi connectivity index (χ1n) is 5.17. The normalized spacial score (nSPS) is 16.9. The van der Waals surface area contributed by atoms with Crippen LogP contribution in [0.3, 0.4) is 0 Å². The van der Waals surface area contributed by atoms with Gasteiger partial charge in [-0.15, -0.1) is 0 Å². The Morgan fingerprint density at radius 3 is 2.80 bits per heavy atom. The van der Waals surface area contributed by atoms with E-state index in [4.69, 9.17) is 5.26 Å². The first-order chi connectivity index (χ1) is 7.20. The van der Waals surface area contributed by atoms with E-state index in [9.17, 15) is 0 Å². The summed E-state index contributed by atoms with van der Waals surface area (Å²) >= 11 is 3.47. The number of hydrogen-bond acceptors (Lipinski definition) is 2. The molecule has 0 saturated heterocycles. The number of nitriles is 1. The highest BCUT2D eigenvalue weighted by atomic mass is 79.9. The minimum Gasteiger partial charge on any atom is -0.381 e. The van der Waals surface area contributed by atoms with Crippen LogP contribution in [-0.2, 0) is 0 Å². The van der Waals surface area contributed by atoms with Gasteiger partial charge in [-0.25, -0.2) is 0 Å². The molecule has 0 spiro atoms. The second kappa shape index (κ2) is 4.24. The molecule has 1 atom stereocenters. The van der Waals surface area contributed by atoms with Crippen molar-refractivity contribution in [2.24, 2.45) is 5.92 Å². The van der Waals surface area contributed by atoms with Gasteiger partial charge in [-0.05, 0) is 59.8 Å². The maximum absolute atomic E-state index is 8.74. The van der Waals surface area contributed by atoms with Crippen molar-refractivity contribution in [2.45, 2.75) is 25.8 Å². The summed E-state index contributed by atoms with van der Waals surface area (Å²) in [5.41, 5.74) is 1.76. The summed E-state index contributed by atoms with van der Waals surface area (Å²) in [5.74, 6) is 0.826. The largest absolute Gasteiger partial charge is 0.381 e. The molecule has 2 rings (SSSR count). The van der Waals surface area contributed by atoms with E-state index < -0.39 is 0 Å². The van der Waals surface area contributed by atoms with E-state index in [-0.39, 0.29) is 0 Å². The van der Waals surface area contributed by atoms with E-state index in [1.807, 2.05) is 18.2 Å². The van der Waals surface area contributed by atoms with Crippen LogP contribution < -0.4 is 5.32 Å². The molecule has 1 N–H and O–H groups in total. The van der Waals surface area contributed by atoms with Crippen LogP contribution in [0.1, 0.15) is 25.3 Å². The summed E-state index contributed by atoms with van der Waals surface area (Å²) in [6.07, 6.45) is 2.67. The van der Waals surface area contributed by atoms with Gasteiger partial charge in [-0.1, -0.05) is 0 Å². The van der Waals surface area contributed by atoms with E-state index in [0.717, 1.165) is 16.1 Å². The van der Waals surface area contributed by atoms with Crippen LogP contribution in [0, 0.1) is 17.2 Å². The van der Waals surface area contributed by atoms with Crippen LogP contribution in [-0.4, -0.2) is 6.04 Å². The maximum Gasteiger partial charge on any atom is 0.0992 e. The Hall–Kier alpha value is -1.01. The monoisotopic (exact) mass is 264 g/mol.